The summed E-state index contributed by atoms with van der Waals surface area (Å²) in [6, 6.07) is 11.8. The molecule has 0 amide bonds. The Labute approximate surface area is 210 Å². The third-order valence-electron chi connectivity index (χ3n) is 10.0. The molecule has 0 aromatic heterocycles. The van der Waals surface area contributed by atoms with Gasteiger partial charge in [-0.2, -0.15) is 13.2 Å². The maximum Gasteiger partial charge on any atom is 0.419 e. The molecule has 4 bridgehead atoms. The van der Waals surface area contributed by atoms with Gasteiger partial charge >= 0.3 is 12.1 Å². The number of alkyl halides is 3. The fourth-order valence-electron chi connectivity index (χ4n) is 8.55. The van der Waals surface area contributed by atoms with Crippen LogP contribution in [0.2, 0.25) is 0 Å². The first-order chi connectivity index (χ1) is 17.2. The van der Waals surface area contributed by atoms with Crippen LogP contribution in [0, 0.1) is 41.4 Å². The van der Waals surface area contributed by atoms with Gasteiger partial charge in [0.1, 0.15) is 17.1 Å². The molecule has 0 N–H and O–H groups in total. The van der Waals surface area contributed by atoms with Crippen LogP contribution in [-0.2, 0) is 6.18 Å². The summed E-state index contributed by atoms with van der Waals surface area (Å²) in [7, 11) is 0. The molecule has 36 heavy (non-hydrogen) atoms. The summed E-state index contributed by atoms with van der Waals surface area (Å²) in [4.78, 5) is 12.8. The second-order valence-corrected chi connectivity index (χ2v) is 11.7. The van der Waals surface area contributed by atoms with Crippen LogP contribution in [0.15, 0.2) is 48.5 Å². The number of carbonyl (C=O) groups excluding carboxylic acids is 1. The second kappa shape index (κ2) is 8.53. The number of hydrogen-bond acceptors (Lipinski definition) is 3. The molecule has 4 aliphatic rings. The van der Waals surface area contributed by atoms with Crippen molar-refractivity contribution in [2.45, 2.75) is 64.1 Å². The van der Waals surface area contributed by atoms with Crippen LogP contribution in [0.3, 0.4) is 0 Å². The standard InChI is InChI=1S/C30H33F3O3/c1-3-29(2,24-15-20-14-22(24)27-18-10-9-17(13-18)26(20)27)36-25-16-19(11-12-23(25)30(31,32)33)28(34)35-21-7-5-4-6-8-21/h4-8,11-12,16-18,20,22,24,26-27H,3,9-10,13-15H2,1-2H3. The van der Waals surface area contributed by atoms with Gasteiger partial charge in [0.25, 0.3) is 0 Å². The molecular formula is C30H33F3O3. The Morgan fingerprint density at radius 3 is 2.36 bits per heavy atom. The van der Waals surface area contributed by atoms with Crippen molar-refractivity contribution in [1.29, 1.82) is 0 Å². The van der Waals surface area contributed by atoms with Crippen molar-refractivity contribution in [2.75, 3.05) is 0 Å². The molecule has 6 rings (SSSR count). The van der Waals surface area contributed by atoms with Crippen molar-refractivity contribution in [3.63, 3.8) is 0 Å². The number of hydrogen-bond donors (Lipinski definition) is 0. The predicted molar refractivity (Wildman–Crippen MR) is 130 cm³/mol. The first-order valence-corrected chi connectivity index (χ1v) is 13.4. The summed E-state index contributed by atoms with van der Waals surface area (Å²) in [5.41, 5.74) is -1.53. The van der Waals surface area contributed by atoms with Crippen LogP contribution in [0.5, 0.6) is 11.5 Å². The van der Waals surface area contributed by atoms with Crippen LogP contribution in [0.4, 0.5) is 13.2 Å². The molecule has 0 spiro atoms. The van der Waals surface area contributed by atoms with Crippen LogP contribution >= 0.6 is 0 Å². The molecule has 192 valence electrons. The van der Waals surface area contributed by atoms with Gasteiger partial charge in [-0.1, -0.05) is 25.1 Å². The van der Waals surface area contributed by atoms with E-state index in [0.29, 0.717) is 24.0 Å². The molecule has 2 aromatic carbocycles. The fourth-order valence-corrected chi connectivity index (χ4v) is 8.55. The van der Waals surface area contributed by atoms with Crippen molar-refractivity contribution >= 4 is 5.97 Å². The number of benzene rings is 2. The van der Waals surface area contributed by atoms with Crippen molar-refractivity contribution < 1.29 is 27.4 Å². The lowest BCUT2D eigenvalue weighted by molar-refractivity contribution is -0.141. The highest BCUT2D eigenvalue weighted by Crippen LogP contribution is 2.70. The molecule has 4 aliphatic carbocycles. The largest absolute Gasteiger partial charge is 0.487 e. The van der Waals surface area contributed by atoms with E-state index >= 15 is 0 Å². The lowest BCUT2D eigenvalue weighted by atomic mass is 9.63. The summed E-state index contributed by atoms with van der Waals surface area (Å²) >= 11 is 0. The minimum Gasteiger partial charge on any atom is -0.487 e. The van der Waals surface area contributed by atoms with E-state index in [0.717, 1.165) is 36.2 Å². The third-order valence-corrected chi connectivity index (χ3v) is 10.0. The molecule has 0 saturated heterocycles. The smallest absolute Gasteiger partial charge is 0.419 e. The molecule has 4 fully saturated rings. The van der Waals surface area contributed by atoms with Gasteiger partial charge in [-0.15, -0.1) is 0 Å². The van der Waals surface area contributed by atoms with Gasteiger partial charge in [-0.05, 0) is 111 Å². The van der Waals surface area contributed by atoms with Gasteiger partial charge in [0.05, 0.1) is 11.1 Å². The van der Waals surface area contributed by atoms with Gasteiger partial charge in [0.2, 0.25) is 0 Å². The van der Waals surface area contributed by atoms with E-state index in [1.165, 1.54) is 37.8 Å². The summed E-state index contributed by atoms with van der Waals surface area (Å²) in [5.74, 6) is 4.01. The SMILES string of the molecule is CCC(C)(Oc1cc(C(=O)Oc2ccccc2)ccc1C(F)(F)F)C1CC2CC1C1C3CCC(C3)C21. The zero-order chi connectivity index (χ0) is 25.2. The zero-order valence-electron chi connectivity index (χ0n) is 20.8. The maximum absolute atomic E-state index is 14.0. The molecule has 6 heteroatoms. The quantitative estimate of drug-likeness (QED) is 0.232. The highest BCUT2D eigenvalue weighted by molar-refractivity contribution is 5.91. The number of para-hydroxylation sites is 1. The minimum atomic E-state index is -4.59. The Morgan fingerprint density at radius 1 is 0.944 bits per heavy atom. The lowest BCUT2D eigenvalue weighted by Gasteiger charge is -2.46. The maximum atomic E-state index is 14.0. The highest BCUT2D eigenvalue weighted by atomic mass is 19.4. The van der Waals surface area contributed by atoms with Gasteiger partial charge in [0, 0.05) is 5.92 Å². The van der Waals surface area contributed by atoms with E-state index in [2.05, 4.69) is 0 Å². The second-order valence-electron chi connectivity index (χ2n) is 11.7. The average Bonchev–Trinajstić information content (AvgIpc) is 3.64. The normalized spacial score (nSPS) is 33.9. The Morgan fingerprint density at radius 2 is 1.67 bits per heavy atom. The Balaban J connectivity index is 1.29. The summed E-state index contributed by atoms with van der Waals surface area (Å²) < 4.78 is 53.8. The fraction of sp³-hybridized carbons (Fsp3) is 0.567. The minimum absolute atomic E-state index is 0.0430. The van der Waals surface area contributed by atoms with E-state index < -0.39 is 23.3 Å². The van der Waals surface area contributed by atoms with E-state index in [1.54, 1.807) is 30.3 Å². The highest BCUT2D eigenvalue weighted by Gasteiger charge is 2.65. The van der Waals surface area contributed by atoms with E-state index in [-0.39, 0.29) is 17.2 Å². The molecule has 0 aliphatic heterocycles. The van der Waals surface area contributed by atoms with Crippen molar-refractivity contribution in [2.24, 2.45) is 41.4 Å². The number of esters is 1. The van der Waals surface area contributed by atoms with Crippen molar-refractivity contribution in [1.82, 2.24) is 0 Å². The number of fused-ring (bicyclic) bond motifs is 9. The van der Waals surface area contributed by atoms with Crippen molar-refractivity contribution in [3.8, 4) is 11.5 Å². The lowest BCUT2D eigenvalue weighted by Crippen LogP contribution is -2.47. The third kappa shape index (κ3) is 3.83. The topological polar surface area (TPSA) is 35.5 Å². The van der Waals surface area contributed by atoms with Crippen LogP contribution < -0.4 is 9.47 Å². The molecule has 0 heterocycles. The van der Waals surface area contributed by atoms with Crippen LogP contribution in [-0.4, -0.2) is 11.6 Å². The van der Waals surface area contributed by atoms with Gasteiger partial charge in [0.15, 0.2) is 0 Å². The molecule has 3 nitrogen and oxygen atoms in total. The molecule has 8 unspecified atom stereocenters. The predicted octanol–water partition coefficient (Wildman–Crippen LogP) is 7.79. The van der Waals surface area contributed by atoms with Crippen LogP contribution in [0.1, 0.15) is 68.3 Å². The number of halogens is 3. The summed E-state index contributed by atoms with van der Waals surface area (Å²) in [6.45, 7) is 3.99. The molecule has 4 saturated carbocycles. The Hall–Kier alpha value is -2.50. The first kappa shape index (κ1) is 23.9. The molecule has 0 radical (unpaired) electrons. The van der Waals surface area contributed by atoms with E-state index in [4.69, 9.17) is 9.47 Å². The van der Waals surface area contributed by atoms with Gasteiger partial charge in [-0.3, -0.25) is 0 Å². The Bertz CT molecular complexity index is 1150. The van der Waals surface area contributed by atoms with Crippen LogP contribution in [0.25, 0.3) is 0 Å². The summed E-state index contributed by atoms with van der Waals surface area (Å²) in [5, 5.41) is 0. The number of ether oxygens (including phenoxy) is 2. The molecule has 8 atom stereocenters. The first-order valence-electron chi connectivity index (χ1n) is 13.4. The Kier molecular flexibility index (Phi) is 5.65. The van der Waals surface area contributed by atoms with Crippen molar-refractivity contribution in [3.05, 3.63) is 59.7 Å². The van der Waals surface area contributed by atoms with Gasteiger partial charge < -0.3 is 9.47 Å². The van der Waals surface area contributed by atoms with Gasteiger partial charge in [-0.25, -0.2) is 4.79 Å². The van der Waals surface area contributed by atoms with E-state index in [1.807, 2.05) is 13.8 Å². The molecular weight excluding hydrogens is 465 g/mol. The number of carbonyl (C=O) groups is 1. The number of rotatable bonds is 6. The summed E-state index contributed by atoms with van der Waals surface area (Å²) in [6.07, 6.45) is 2.29. The van der Waals surface area contributed by atoms with E-state index in [9.17, 15) is 18.0 Å². The zero-order valence-corrected chi connectivity index (χ0v) is 20.8. The average molecular weight is 499 g/mol. The molecule has 2 aromatic rings. The monoisotopic (exact) mass is 498 g/mol.